The maximum absolute atomic E-state index is 12.5. The number of hydrogen-bond acceptors (Lipinski definition) is 4. The molecular weight excluding hydrogens is 346 g/mol. The highest BCUT2D eigenvalue weighted by molar-refractivity contribution is 7.99. The predicted molar refractivity (Wildman–Crippen MR) is 105 cm³/mol. The first-order chi connectivity index (χ1) is 12.5. The second kappa shape index (κ2) is 8.08. The summed E-state index contributed by atoms with van der Waals surface area (Å²) in [6.45, 7) is 5.68. The van der Waals surface area contributed by atoms with Crippen LogP contribution in [-0.2, 0) is 11.2 Å². The third kappa shape index (κ3) is 4.18. The van der Waals surface area contributed by atoms with Crippen molar-refractivity contribution in [3.05, 3.63) is 57.5 Å². The highest BCUT2D eigenvalue weighted by atomic mass is 32.2. The van der Waals surface area contributed by atoms with E-state index in [-0.39, 0.29) is 23.6 Å². The molecule has 26 heavy (non-hydrogen) atoms. The van der Waals surface area contributed by atoms with Crippen molar-refractivity contribution < 1.29 is 4.79 Å². The van der Waals surface area contributed by atoms with Crippen LogP contribution in [0.2, 0.25) is 0 Å². The lowest BCUT2D eigenvalue weighted by atomic mass is 10.1. The number of fused-ring (bicyclic) bond motifs is 1. The molecule has 3 rings (SSSR count). The van der Waals surface area contributed by atoms with E-state index in [9.17, 15) is 9.59 Å². The summed E-state index contributed by atoms with van der Waals surface area (Å²) < 4.78 is 1.70. The molecule has 0 bridgehead atoms. The van der Waals surface area contributed by atoms with E-state index in [0.29, 0.717) is 12.0 Å². The Morgan fingerprint density at radius 2 is 2.08 bits per heavy atom. The van der Waals surface area contributed by atoms with Gasteiger partial charge in [0.05, 0.1) is 6.04 Å². The maximum atomic E-state index is 12.5. The zero-order valence-electron chi connectivity index (χ0n) is 15.5. The number of aryl methyl sites for hydroxylation is 2. The minimum absolute atomic E-state index is 0.00543. The van der Waals surface area contributed by atoms with Gasteiger partial charge in [0, 0.05) is 29.5 Å². The number of benzene rings is 1. The smallest absolute Gasteiger partial charge is 0.257 e. The summed E-state index contributed by atoms with van der Waals surface area (Å²) >= 11 is 1.55. The third-order valence-electron chi connectivity index (χ3n) is 4.86. The quantitative estimate of drug-likeness (QED) is 0.793. The van der Waals surface area contributed by atoms with Crippen molar-refractivity contribution in [2.45, 2.75) is 57.3 Å². The fourth-order valence-electron chi connectivity index (χ4n) is 3.17. The molecule has 0 spiro atoms. The number of carbonyl (C=O) groups is 1. The van der Waals surface area contributed by atoms with Gasteiger partial charge in [-0.25, -0.2) is 4.98 Å². The maximum Gasteiger partial charge on any atom is 0.257 e. The summed E-state index contributed by atoms with van der Waals surface area (Å²) in [5.41, 5.74) is 2.69. The van der Waals surface area contributed by atoms with Crippen molar-refractivity contribution >= 4 is 17.7 Å². The number of nitrogens with one attached hydrogen (secondary N) is 1. The van der Waals surface area contributed by atoms with Crippen LogP contribution < -0.4 is 10.9 Å². The Balaban J connectivity index is 1.57. The lowest BCUT2D eigenvalue weighted by Crippen LogP contribution is -2.36. The molecule has 1 amide bonds. The van der Waals surface area contributed by atoms with Crippen LogP contribution in [0.25, 0.3) is 0 Å². The molecule has 2 unspecified atom stereocenters. The Kier molecular flexibility index (Phi) is 5.81. The number of thioether (sulfide) groups is 1. The zero-order valence-corrected chi connectivity index (χ0v) is 16.3. The molecule has 6 heteroatoms. The van der Waals surface area contributed by atoms with E-state index in [1.54, 1.807) is 23.3 Å². The summed E-state index contributed by atoms with van der Waals surface area (Å²) in [7, 11) is 0. The van der Waals surface area contributed by atoms with Crippen LogP contribution in [0.3, 0.4) is 0 Å². The first-order valence-electron chi connectivity index (χ1n) is 9.01. The van der Waals surface area contributed by atoms with E-state index in [4.69, 9.17) is 0 Å². The minimum Gasteiger partial charge on any atom is -0.354 e. The highest BCUT2D eigenvalue weighted by Gasteiger charge is 2.28. The summed E-state index contributed by atoms with van der Waals surface area (Å²) in [5.74, 6) is 0.714. The summed E-state index contributed by atoms with van der Waals surface area (Å²) in [6, 6.07) is 10.3. The fourth-order valence-corrected chi connectivity index (χ4v) is 4.35. The van der Waals surface area contributed by atoms with E-state index < -0.39 is 0 Å². The summed E-state index contributed by atoms with van der Waals surface area (Å²) in [5, 5.41) is 3.80. The fraction of sp³-hybridized carbons (Fsp3) is 0.450. The molecule has 1 aliphatic rings. The van der Waals surface area contributed by atoms with Gasteiger partial charge >= 0.3 is 0 Å². The molecule has 2 aromatic rings. The molecule has 5 nitrogen and oxygen atoms in total. The van der Waals surface area contributed by atoms with Gasteiger partial charge in [0.25, 0.3) is 5.56 Å². The number of nitrogens with zero attached hydrogens (tertiary/aromatic N) is 2. The van der Waals surface area contributed by atoms with E-state index in [1.165, 1.54) is 5.56 Å². The second-order valence-electron chi connectivity index (χ2n) is 6.94. The molecule has 1 aliphatic heterocycles. The third-order valence-corrected chi connectivity index (χ3v) is 5.96. The highest BCUT2D eigenvalue weighted by Crippen LogP contribution is 2.32. The Morgan fingerprint density at radius 3 is 2.81 bits per heavy atom. The van der Waals surface area contributed by atoms with Gasteiger partial charge in [-0.05, 0) is 39.2 Å². The summed E-state index contributed by atoms with van der Waals surface area (Å²) in [4.78, 5) is 29.5. The van der Waals surface area contributed by atoms with Crippen LogP contribution >= 0.6 is 11.8 Å². The molecule has 138 valence electrons. The Hall–Kier alpha value is -2.08. The van der Waals surface area contributed by atoms with Gasteiger partial charge < -0.3 is 5.32 Å². The minimum atomic E-state index is -0.115. The predicted octanol–water partition coefficient (Wildman–Crippen LogP) is 3.03. The average Bonchev–Trinajstić information content (AvgIpc) is 3.01. The van der Waals surface area contributed by atoms with Gasteiger partial charge in [-0.15, -0.1) is 0 Å². The van der Waals surface area contributed by atoms with Crippen molar-refractivity contribution in [1.82, 2.24) is 14.9 Å². The molecule has 0 radical (unpaired) electrons. The zero-order chi connectivity index (χ0) is 18.7. The topological polar surface area (TPSA) is 64.0 Å². The van der Waals surface area contributed by atoms with Crippen LogP contribution in [0.4, 0.5) is 0 Å². The van der Waals surface area contributed by atoms with Gasteiger partial charge in [0.2, 0.25) is 5.91 Å². The molecule has 0 saturated carbocycles. The SMILES string of the molecule is Cc1nc2n(c(=O)c1C)C(CC(=O)NC(C)CCc1ccccc1)CS2. The average molecular weight is 372 g/mol. The molecule has 0 fully saturated rings. The van der Waals surface area contributed by atoms with E-state index >= 15 is 0 Å². The van der Waals surface area contributed by atoms with Crippen molar-refractivity contribution in [1.29, 1.82) is 0 Å². The normalized spacial score (nSPS) is 17.0. The molecule has 2 heterocycles. The number of amides is 1. The van der Waals surface area contributed by atoms with Crippen molar-refractivity contribution in [3.63, 3.8) is 0 Å². The number of carbonyl (C=O) groups excluding carboxylic acids is 1. The molecule has 2 atom stereocenters. The second-order valence-corrected chi connectivity index (χ2v) is 7.93. The molecular formula is C20H25N3O2S. The molecule has 1 aromatic heterocycles. The van der Waals surface area contributed by atoms with Gasteiger partial charge in [0.15, 0.2) is 5.16 Å². The molecule has 0 saturated heterocycles. The van der Waals surface area contributed by atoms with E-state index in [1.807, 2.05) is 32.0 Å². The van der Waals surface area contributed by atoms with Crippen LogP contribution in [0.5, 0.6) is 0 Å². The Morgan fingerprint density at radius 1 is 1.35 bits per heavy atom. The lowest BCUT2D eigenvalue weighted by molar-refractivity contribution is -0.122. The largest absolute Gasteiger partial charge is 0.354 e. The monoisotopic (exact) mass is 371 g/mol. The molecule has 1 aromatic carbocycles. The van der Waals surface area contributed by atoms with Gasteiger partial charge in [0.1, 0.15) is 0 Å². The summed E-state index contributed by atoms with van der Waals surface area (Å²) in [6.07, 6.45) is 2.15. The van der Waals surface area contributed by atoms with Crippen LogP contribution in [0, 0.1) is 13.8 Å². The first-order valence-corrected chi connectivity index (χ1v) is 10.00. The van der Waals surface area contributed by atoms with Gasteiger partial charge in [-0.3, -0.25) is 14.2 Å². The van der Waals surface area contributed by atoms with Crippen molar-refractivity contribution in [2.75, 3.05) is 5.75 Å². The number of aromatic nitrogens is 2. The molecule has 0 aliphatic carbocycles. The number of rotatable bonds is 6. The van der Waals surface area contributed by atoms with Crippen LogP contribution in [0.15, 0.2) is 40.3 Å². The van der Waals surface area contributed by atoms with Crippen molar-refractivity contribution in [2.24, 2.45) is 0 Å². The standard InChI is InChI=1S/C20H25N3O2S/c1-13(9-10-16-7-5-4-6-8-16)21-18(24)11-17-12-26-20-22-15(3)14(2)19(25)23(17)20/h4-8,13,17H,9-12H2,1-3H3,(H,21,24). The van der Waals surface area contributed by atoms with Crippen LogP contribution in [-0.4, -0.2) is 27.3 Å². The first kappa shape index (κ1) is 18.7. The lowest BCUT2D eigenvalue weighted by Gasteiger charge is -2.17. The molecule has 1 N–H and O–H groups in total. The van der Waals surface area contributed by atoms with Gasteiger partial charge in [-0.2, -0.15) is 0 Å². The number of hydrogen-bond donors (Lipinski definition) is 1. The Bertz CT molecular complexity index is 848. The van der Waals surface area contributed by atoms with E-state index in [0.717, 1.165) is 29.4 Å². The van der Waals surface area contributed by atoms with E-state index in [2.05, 4.69) is 22.4 Å². The van der Waals surface area contributed by atoms with Gasteiger partial charge in [-0.1, -0.05) is 42.1 Å². The van der Waals surface area contributed by atoms with Crippen molar-refractivity contribution in [3.8, 4) is 0 Å². The van der Waals surface area contributed by atoms with Crippen LogP contribution in [0.1, 0.15) is 42.6 Å². The Labute approximate surface area is 158 Å².